The average Bonchev–Trinajstić information content (AvgIpc) is 3.19. The molecule has 0 unspecified atom stereocenters. The van der Waals surface area contributed by atoms with Crippen molar-refractivity contribution in [3.05, 3.63) is 29.8 Å². The molecule has 3 rings (SSSR count). The summed E-state index contributed by atoms with van der Waals surface area (Å²) < 4.78 is 10.4. The molecule has 0 radical (unpaired) electrons. The van der Waals surface area contributed by atoms with Gasteiger partial charge in [0.2, 0.25) is 5.91 Å². The Bertz CT molecular complexity index is 798. The van der Waals surface area contributed by atoms with Crippen molar-refractivity contribution in [3.63, 3.8) is 0 Å². The van der Waals surface area contributed by atoms with Gasteiger partial charge in [-0.15, -0.1) is 0 Å². The van der Waals surface area contributed by atoms with Gasteiger partial charge in [-0.05, 0) is 57.4 Å². The van der Waals surface area contributed by atoms with Crippen molar-refractivity contribution in [1.29, 1.82) is 0 Å². The van der Waals surface area contributed by atoms with Crippen molar-refractivity contribution in [2.75, 3.05) is 31.1 Å². The van der Waals surface area contributed by atoms with Crippen LogP contribution in [0.25, 0.3) is 0 Å². The maximum atomic E-state index is 12.6. The van der Waals surface area contributed by atoms with Gasteiger partial charge in [-0.1, -0.05) is 0 Å². The predicted octanol–water partition coefficient (Wildman–Crippen LogP) is 2.16. The Kier molecular flexibility index (Phi) is 7.07. The second kappa shape index (κ2) is 9.73. The van der Waals surface area contributed by atoms with Gasteiger partial charge in [0.15, 0.2) is 6.10 Å². The molecule has 1 atom stereocenters. The fourth-order valence-electron chi connectivity index (χ4n) is 3.83. The number of anilines is 1. The highest BCUT2D eigenvalue weighted by Gasteiger charge is 2.31. The third kappa shape index (κ3) is 4.98. The molecular weight excluding hydrogens is 388 g/mol. The van der Waals surface area contributed by atoms with Crippen molar-refractivity contribution in [2.24, 2.45) is 5.92 Å². The van der Waals surface area contributed by atoms with Gasteiger partial charge >= 0.3 is 11.9 Å². The molecule has 8 heteroatoms. The van der Waals surface area contributed by atoms with Crippen LogP contribution in [-0.4, -0.2) is 61.0 Å². The van der Waals surface area contributed by atoms with E-state index >= 15 is 0 Å². The summed E-state index contributed by atoms with van der Waals surface area (Å²) in [6.45, 7) is 5.22. The smallest absolute Gasteiger partial charge is 0.338 e. The molecule has 0 spiro atoms. The zero-order valence-corrected chi connectivity index (χ0v) is 17.5. The lowest BCUT2D eigenvalue weighted by Crippen LogP contribution is -2.45. The minimum absolute atomic E-state index is 0.0799. The van der Waals surface area contributed by atoms with Crippen molar-refractivity contribution in [3.8, 4) is 0 Å². The molecule has 8 nitrogen and oxygen atoms in total. The molecule has 0 aliphatic carbocycles. The number of esters is 2. The zero-order valence-electron chi connectivity index (χ0n) is 17.5. The molecule has 2 heterocycles. The lowest BCUT2D eigenvalue weighted by atomic mass is 9.97. The molecular formula is C22H28N2O6. The molecule has 1 aromatic rings. The van der Waals surface area contributed by atoms with Gasteiger partial charge in [-0.2, -0.15) is 0 Å². The quantitative estimate of drug-likeness (QED) is 0.660. The Labute approximate surface area is 176 Å². The van der Waals surface area contributed by atoms with Crippen LogP contribution >= 0.6 is 0 Å². The van der Waals surface area contributed by atoms with E-state index in [9.17, 15) is 19.2 Å². The van der Waals surface area contributed by atoms with Gasteiger partial charge in [-0.3, -0.25) is 14.4 Å². The number of nitrogens with zero attached hydrogens (tertiary/aromatic N) is 2. The van der Waals surface area contributed by atoms with Crippen LogP contribution in [0, 0.1) is 5.92 Å². The van der Waals surface area contributed by atoms with Gasteiger partial charge in [0.05, 0.1) is 18.1 Å². The zero-order chi connectivity index (χ0) is 21.7. The normalized spacial score (nSPS) is 18.3. The van der Waals surface area contributed by atoms with Crippen LogP contribution in [0.15, 0.2) is 24.3 Å². The fourth-order valence-corrected chi connectivity index (χ4v) is 3.83. The van der Waals surface area contributed by atoms with Crippen LogP contribution in [-0.2, 0) is 23.9 Å². The monoisotopic (exact) mass is 416 g/mol. The molecule has 2 aliphatic heterocycles. The van der Waals surface area contributed by atoms with Crippen LogP contribution in [0.3, 0.4) is 0 Å². The number of carbonyl (C=O) groups excluding carboxylic acids is 4. The molecule has 0 bridgehead atoms. The van der Waals surface area contributed by atoms with E-state index in [1.165, 1.54) is 0 Å². The number of ether oxygens (including phenoxy) is 2. The Morgan fingerprint density at radius 1 is 1.10 bits per heavy atom. The molecule has 0 aromatic heterocycles. The molecule has 30 heavy (non-hydrogen) atoms. The molecule has 162 valence electrons. The van der Waals surface area contributed by atoms with Crippen LogP contribution in [0.1, 0.15) is 49.9 Å². The molecule has 0 N–H and O–H groups in total. The molecule has 2 aliphatic rings. The van der Waals surface area contributed by atoms with Gasteiger partial charge in [0.25, 0.3) is 5.91 Å². The number of likely N-dealkylation sites (tertiary alicyclic amines) is 1. The first-order valence-corrected chi connectivity index (χ1v) is 10.5. The van der Waals surface area contributed by atoms with E-state index in [4.69, 9.17) is 9.47 Å². The van der Waals surface area contributed by atoms with Crippen LogP contribution < -0.4 is 4.90 Å². The maximum absolute atomic E-state index is 12.6. The Morgan fingerprint density at radius 3 is 2.33 bits per heavy atom. The highest BCUT2D eigenvalue weighted by atomic mass is 16.5. The standard InChI is InChI=1S/C22H28N2O6/c1-3-29-21(27)17-10-13-23(14-11-17)20(26)15(2)30-22(28)16-6-8-18(9-7-16)24-12-4-5-19(24)25/h6-9,15,17H,3-5,10-14H2,1-2H3/t15-/m1/s1. The topological polar surface area (TPSA) is 93.2 Å². The van der Waals surface area contributed by atoms with E-state index < -0.39 is 12.1 Å². The van der Waals surface area contributed by atoms with E-state index in [1.54, 1.807) is 47.9 Å². The maximum Gasteiger partial charge on any atom is 0.338 e. The fraction of sp³-hybridized carbons (Fsp3) is 0.545. The summed E-state index contributed by atoms with van der Waals surface area (Å²) >= 11 is 0. The van der Waals surface area contributed by atoms with E-state index in [1.807, 2.05) is 0 Å². The highest BCUT2D eigenvalue weighted by Crippen LogP contribution is 2.23. The number of benzene rings is 1. The van der Waals surface area contributed by atoms with Crippen molar-refractivity contribution in [2.45, 2.75) is 45.6 Å². The van der Waals surface area contributed by atoms with Crippen molar-refractivity contribution < 1.29 is 28.7 Å². The van der Waals surface area contributed by atoms with Gasteiger partial charge in [0, 0.05) is 31.7 Å². The molecule has 1 aromatic carbocycles. The van der Waals surface area contributed by atoms with Gasteiger partial charge in [-0.25, -0.2) is 4.79 Å². The van der Waals surface area contributed by atoms with Crippen molar-refractivity contribution >= 4 is 29.4 Å². The largest absolute Gasteiger partial charge is 0.466 e. The molecule has 0 saturated carbocycles. The number of piperidine rings is 1. The first-order chi connectivity index (χ1) is 14.4. The number of carbonyl (C=O) groups is 4. The molecule has 2 fully saturated rings. The number of hydrogen-bond donors (Lipinski definition) is 0. The lowest BCUT2D eigenvalue weighted by Gasteiger charge is -2.32. The highest BCUT2D eigenvalue weighted by molar-refractivity contribution is 5.96. The van der Waals surface area contributed by atoms with Gasteiger partial charge in [0.1, 0.15) is 0 Å². The summed E-state index contributed by atoms with van der Waals surface area (Å²) in [5, 5.41) is 0. The summed E-state index contributed by atoms with van der Waals surface area (Å²) in [5.74, 6) is -1.19. The first kappa shape index (κ1) is 21.8. The Hall–Kier alpha value is -2.90. The third-order valence-electron chi connectivity index (χ3n) is 5.55. The second-order valence-corrected chi connectivity index (χ2v) is 7.59. The SMILES string of the molecule is CCOC(=O)C1CCN(C(=O)[C@@H](C)OC(=O)c2ccc(N3CCCC3=O)cc2)CC1. The van der Waals surface area contributed by atoms with Crippen LogP contribution in [0.4, 0.5) is 5.69 Å². The number of amides is 2. The Balaban J connectivity index is 1.51. The van der Waals surface area contributed by atoms with E-state index in [0.29, 0.717) is 51.1 Å². The molecule has 2 amide bonds. The summed E-state index contributed by atoms with van der Waals surface area (Å²) in [6, 6.07) is 6.63. The first-order valence-electron chi connectivity index (χ1n) is 10.5. The summed E-state index contributed by atoms with van der Waals surface area (Å²) in [7, 11) is 0. The third-order valence-corrected chi connectivity index (χ3v) is 5.55. The predicted molar refractivity (Wildman–Crippen MR) is 109 cm³/mol. The number of hydrogen-bond acceptors (Lipinski definition) is 6. The summed E-state index contributed by atoms with van der Waals surface area (Å²) in [4.78, 5) is 52.0. The average molecular weight is 416 g/mol. The number of rotatable bonds is 6. The summed E-state index contributed by atoms with van der Waals surface area (Å²) in [5.41, 5.74) is 1.08. The van der Waals surface area contributed by atoms with Crippen LogP contribution in [0.2, 0.25) is 0 Å². The lowest BCUT2D eigenvalue weighted by molar-refractivity contribution is -0.152. The van der Waals surface area contributed by atoms with Crippen LogP contribution in [0.5, 0.6) is 0 Å². The second-order valence-electron chi connectivity index (χ2n) is 7.59. The minimum Gasteiger partial charge on any atom is -0.466 e. The van der Waals surface area contributed by atoms with E-state index in [0.717, 1.165) is 12.1 Å². The van der Waals surface area contributed by atoms with Gasteiger partial charge < -0.3 is 19.3 Å². The minimum atomic E-state index is -0.920. The van der Waals surface area contributed by atoms with E-state index in [2.05, 4.69) is 0 Å². The Morgan fingerprint density at radius 2 is 1.77 bits per heavy atom. The van der Waals surface area contributed by atoms with Crippen molar-refractivity contribution in [1.82, 2.24) is 4.90 Å². The summed E-state index contributed by atoms with van der Waals surface area (Å²) in [6.07, 6.45) is 1.54. The van der Waals surface area contributed by atoms with E-state index in [-0.39, 0.29) is 23.7 Å². The molecule has 2 saturated heterocycles.